The molecule has 0 aromatic heterocycles. The maximum atomic E-state index is 12.1. The standard InChI is InChI=1S/C26H40N2O3/c1-23(2,3)28-22(29)14-31-20-8-7-18(9-21(20)30-6)13-27-26-12-19-10-24(4,16-26)15-25(5,11-19)17-26/h7-9,19,27H,10-17H2,1-6H3,(H,28,29)/t19?,24-,25-,26?/m0/s1. The van der Waals surface area contributed by atoms with Crippen molar-refractivity contribution in [3.8, 4) is 11.5 Å². The molecule has 2 atom stereocenters. The molecule has 2 N–H and O–H groups in total. The lowest BCUT2D eigenvalue weighted by Gasteiger charge is -2.65. The zero-order chi connectivity index (χ0) is 22.5. The molecule has 1 aromatic rings. The Balaban J connectivity index is 1.39. The summed E-state index contributed by atoms with van der Waals surface area (Å²) >= 11 is 0. The molecule has 172 valence electrons. The van der Waals surface area contributed by atoms with Gasteiger partial charge in [-0.15, -0.1) is 0 Å². The molecule has 4 aliphatic carbocycles. The topological polar surface area (TPSA) is 59.6 Å². The maximum Gasteiger partial charge on any atom is 0.258 e. The van der Waals surface area contributed by atoms with Gasteiger partial charge in [0.1, 0.15) is 0 Å². The van der Waals surface area contributed by atoms with E-state index in [1.807, 2.05) is 32.9 Å². The van der Waals surface area contributed by atoms with E-state index in [9.17, 15) is 4.79 Å². The summed E-state index contributed by atoms with van der Waals surface area (Å²) in [5.74, 6) is 2.02. The minimum atomic E-state index is -0.272. The number of rotatable bonds is 7. The molecule has 4 fully saturated rings. The summed E-state index contributed by atoms with van der Waals surface area (Å²) in [6.45, 7) is 11.7. The highest BCUT2D eigenvalue weighted by atomic mass is 16.5. The summed E-state index contributed by atoms with van der Waals surface area (Å²) < 4.78 is 11.3. The van der Waals surface area contributed by atoms with Crippen LogP contribution in [0.4, 0.5) is 0 Å². The fourth-order valence-corrected chi connectivity index (χ4v) is 7.47. The molecule has 31 heavy (non-hydrogen) atoms. The molecule has 0 heterocycles. The Morgan fingerprint density at radius 3 is 2.32 bits per heavy atom. The zero-order valence-corrected chi connectivity index (χ0v) is 20.2. The monoisotopic (exact) mass is 428 g/mol. The van der Waals surface area contributed by atoms with Gasteiger partial charge in [-0.1, -0.05) is 19.9 Å². The number of hydrogen-bond acceptors (Lipinski definition) is 4. The van der Waals surface area contributed by atoms with Gasteiger partial charge in [0, 0.05) is 17.6 Å². The molecule has 1 amide bonds. The highest BCUT2D eigenvalue weighted by Gasteiger charge is 2.59. The van der Waals surface area contributed by atoms with Crippen LogP contribution in [0.2, 0.25) is 0 Å². The van der Waals surface area contributed by atoms with Gasteiger partial charge in [-0.25, -0.2) is 0 Å². The maximum absolute atomic E-state index is 12.1. The van der Waals surface area contributed by atoms with Crippen LogP contribution in [0, 0.1) is 16.7 Å². The molecule has 4 aliphatic rings. The van der Waals surface area contributed by atoms with E-state index in [0.29, 0.717) is 22.3 Å². The van der Waals surface area contributed by atoms with E-state index < -0.39 is 0 Å². The first kappa shape index (κ1) is 22.4. The Bertz CT molecular complexity index is 826. The van der Waals surface area contributed by atoms with Crippen molar-refractivity contribution in [2.45, 2.75) is 90.8 Å². The predicted octanol–water partition coefficient (Wildman–Crippen LogP) is 4.83. The molecular formula is C26H40N2O3. The Labute approximate surface area is 187 Å². The average Bonchev–Trinajstić information content (AvgIpc) is 2.60. The molecule has 0 saturated heterocycles. The van der Waals surface area contributed by atoms with Gasteiger partial charge in [-0.2, -0.15) is 0 Å². The van der Waals surface area contributed by atoms with E-state index in [0.717, 1.165) is 12.5 Å². The van der Waals surface area contributed by atoms with Crippen LogP contribution < -0.4 is 20.1 Å². The molecule has 1 aromatic carbocycles. The minimum absolute atomic E-state index is 0.0209. The average molecular weight is 429 g/mol. The highest BCUT2D eigenvalue weighted by Crippen LogP contribution is 2.66. The van der Waals surface area contributed by atoms with Crippen LogP contribution in [0.1, 0.15) is 78.7 Å². The summed E-state index contributed by atoms with van der Waals surface area (Å²) in [7, 11) is 1.65. The van der Waals surface area contributed by atoms with Crippen molar-refractivity contribution in [1.29, 1.82) is 0 Å². The summed E-state index contributed by atoms with van der Waals surface area (Å²) in [6.07, 6.45) is 8.13. The van der Waals surface area contributed by atoms with Crippen molar-refractivity contribution in [3.63, 3.8) is 0 Å². The lowest BCUT2D eigenvalue weighted by Crippen LogP contribution is -2.63. The van der Waals surface area contributed by atoms with Gasteiger partial charge < -0.3 is 20.1 Å². The van der Waals surface area contributed by atoms with Crippen molar-refractivity contribution < 1.29 is 14.3 Å². The molecule has 5 nitrogen and oxygen atoms in total. The largest absolute Gasteiger partial charge is 0.493 e. The molecule has 4 bridgehead atoms. The number of nitrogens with one attached hydrogen (secondary N) is 2. The minimum Gasteiger partial charge on any atom is -0.493 e. The second-order valence-electron chi connectivity index (χ2n) is 12.3. The molecule has 5 rings (SSSR count). The number of ether oxygens (including phenoxy) is 2. The summed E-state index contributed by atoms with van der Waals surface area (Å²) in [5, 5.41) is 6.89. The lowest BCUT2D eigenvalue weighted by atomic mass is 9.43. The van der Waals surface area contributed by atoms with Gasteiger partial charge in [0.25, 0.3) is 5.91 Å². The van der Waals surface area contributed by atoms with Crippen molar-refractivity contribution >= 4 is 5.91 Å². The molecule has 4 saturated carbocycles. The van der Waals surface area contributed by atoms with Gasteiger partial charge in [-0.3, -0.25) is 4.79 Å². The van der Waals surface area contributed by atoms with Crippen molar-refractivity contribution in [2.75, 3.05) is 13.7 Å². The molecule has 0 radical (unpaired) electrons. The third-order valence-electron chi connectivity index (χ3n) is 7.39. The molecule has 5 heteroatoms. The van der Waals surface area contributed by atoms with Crippen LogP contribution >= 0.6 is 0 Å². The summed E-state index contributed by atoms with van der Waals surface area (Å²) in [6, 6.07) is 6.03. The van der Waals surface area contributed by atoms with Crippen LogP contribution in [0.25, 0.3) is 0 Å². The summed E-state index contributed by atoms with van der Waals surface area (Å²) in [4.78, 5) is 12.1. The molecule has 0 unspecified atom stereocenters. The van der Waals surface area contributed by atoms with E-state index in [4.69, 9.17) is 9.47 Å². The molecule has 0 spiro atoms. The van der Waals surface area contributed by atoms with Crippen molar-refractivity contribution in [1.82, 2.24) is 10.6 Å². The number of carbonyl (C=O) groups is 1. The second kappa shape index (κ2) is 7.68. The predicted molar refractivity (Wildman–Crippen MR) is 123 cm³/mol. The first-order chi connectivity index (χ1) is 14.4. The van der Waals surface area contributed by atoms with Gasteiger partial charge in [0.15, 0.2) is 18.1 Å². The third kappa shape index (κ3) is 5.02. The van der Waals surface area contributed by atoms with Crippen molar-refractivity contribution in [2.24, 2.45) is 16.7 Å². The number of amides is 1. The van der Waals surface area contributed by atoms with Crippen LogP contribution in [-0.4, -0.2) is 30.7 Å². The van der Waals surface area contributed by atoms with E-state index in [-0.39, 0.29) is 23.6 Å². The number of carbonyl (C=O) groups excluding carboxylic acids is 1. The zero-order valence-electron chi connectivity index (χ0n) is 20.2. The third-order valence-corrected chi connectivity index (χ3v) is 7.39. The SMILES string of the molecule is COc1cc(CNC23CC4C[C@](C)(C2)C[C@](C)(C4)C3)ccc1OCC(=O)NC(C)(C)C. The quantitative estimate of drug-likeness (QED) is 0.653. The summed E-state index contributed by atoms with van der Waals surface area (Å²) in [5.41, 5.74) is 2.20. The van der Waals surface area contributed by atoms with Gasteiger partial charge in [0.2, 0.25) is 0 Å². The van der Waals surface area contributed by atoms with E-state index in [1.54, 1.807) is 7.11 Å². The highest BCUT2D eigenvalue weighted by molar-refractivity contribution is 5.78. The van der Waals surface area contributed by atoms with E-state index in [2.05, 4.69) is 30.5 Å². The number of methoxy groups -OCH3 is 1. The van der Waals surface area contributed by atoms with Crippen molar-refractivity contribution in [3.05, 3.63) is 23.8 Å². The van der Waals surface area contributed by atoms with Gasteiger partial charge >= 0.3 is 0 Å². The Kier molecular flexibility index (Phi) is 5.56. The first-order valence-electron chi connectivity index (χ1n) is 11.8. The van der Waals surface area contributed by atoms with Crippen LogP contribution in [0.5, 0.6) is 11.5 Å². The lowest BCUT2D eigenvalue weighted by molar-refractivity contribution is -0.124. The second-order valence-corrected chi connectivity index (χ2v) is 12.3. The molecule has 0 aliphatic heterocycles. The van der Waals surface area contributed by atoms with Gasteiger partial charge in [-0.05, 0) is 93.7 Å². The van der Waals surface area contributed by atoms with E-state index in [1.165, 1.54) is 44.1 Å². The smallest absolute Gasteiger partial charge is 0.258 e. The Morgan fingerprint density at radius 1 is 1.06 bits per heavy atom. The van der Waals surface area contributed by atoms with Crippen LogP contribution in [-0.2, 0) is 11.3 Å². The van der Waals surface area contributed by atoms with Gasteiger partial charge in [0.05, 0.1) is 7.11 Å². The Hall–Kier alpha value is -1.75. The molecular weight excluding hydrogens is 388 g/mol. The normalized spacial score (nSPS) is 33.9. The fraction of sp³-hybridized carbons (Fsp3) is 0.731. The number of benzene rings is 1. The van der Waals surface area contributed by atoms with Crippen LogP contribution in [0.3, 0.4) is 0 Å². The van der Waals surface area contributed by atoms with E-state index >= 15 is 0 Å². The van der Waals surface area contributed by atoms with Crippen LogP contribution in [0.15, 0.2) is 18.2 Å². The first-order valence-corrected chi connectivity index (χ1v) is 11.8. The fourth-order valence-electron chi connectivity index (χ4n) is 7.47. The Morgan fingerprint density at radius 2 is 1.74 bits per heavy atom. The number of hydrogen-bond donors (Lipinski definition) is 2.